The Bertz CT molecular complexity index is 1330. The van der Waals surface area contributed by atoms with E-state index in [0.29, 0.717) is 5.69 Å². The average Bonchev–Trinajstić information content (AvgIpc) is 2.86. The molecule has 2 atom stereocenters. The molecule has 0 aliphatic carbocycles. The van der Waals surface area contributed by atoms with E-state index >= 15 is 0 Å². The summed E-state index contributed by atoms with van der Waals surface area (Å²) in [6, 6.07) is 23.9. The molecule has 0 aliphatic heterocycles. The average molecular weight is 481 g/mol. The van der Waals surface area contributed by atoms with E-state index in [1.54, 1.807) is 18.2 Å². The van der Waals surface area contributed by atoms with E-state index in [-0.39, 0.29) is 30.0 Å². The molecule has 176 valence electrons. The lowest BCUT2D eigenvalue weighted by Crippen LogP contribution is -2.43. The Labute approximate surface area is 203 Å². The SMILES string of the molecule is CC[C@@H](NC(C)(c1ccc(F)cc1)c1cccc(Nc2c(O)c(=O)c2=O)c1)c1ccccc1.Cl. The van der Waals surface area contributed by atoms with Crippen LogP contribution in [0.15, 0.2) is 88.5 Å². The molecule has 0 saturated heterocycles. The van der Waals surface area contributed by atoms with Crippen LogP contribution in [0.3, 0.4) is 0 Å². The van der Waals surface area contributed by atoms with Crippen molar-refractivity contribution in [3.8, 4) is 5.75 Å². The number of halogens is 2. The van der Waals surface area contributed by atoms with Crippen LogP contribution in [0.2, 0.25) is 0 Å². The first-order valence-corrected chi connectivity index (χ1v) is 10.8. The van der Waals surface area contributed by atoms with E-state index in [1.807, 2.05) is 43.3 Å². The first-order valence-electron chi connectivity index (χ1n) is 10.8. The van der Waals surface area contributed by atoms with Crippen LogP contribution in [-0.4, -0.2) is 5.11 Å². The topological polar surface area (TPSA) is 78.4 Å². The molecular weight excluding hydrogens is 455 g/mol. The zero-order chi connectivity index (χ0) is 23.6. The lowest BCUT2D eigenvalue weighted by atomic mass is 9.82. The van der Waals surface area contributed by atoms with Crippen LogP contribution in [0, 0.1) is 5.82 Å². The maximum atomic E-state index is 13.7. The maximum absolute atomic E-state index is 13.7. The number of rotatable bonds is 8. The zero-order valence-corrected chi connectivity index (χ0v) is 19.7. The highest BCUT2D eigenvalue weighted by molar-refractivity contribution is 5.85. The number of benzene rings is 3. The summed E-state index contributed by atoms with van der Waals surface area (Å²) in [6.45, 7) is 4.13. The molecule has 0 bridgehead atoms. The van der Waals surface area contributed by atoms with E-state index in [1.165, 1.54) is 12.1 Å². The summed E-state index contributed by atoms with van der Waals surface area (Å²) < 4.78 is 13.7. The molecule has 0 aliphatic rings. The molecule has 7 heteroatoms. The first kappa shape index (κ1) is 25.1. The summed E-state index contributed by atoms with van der Waals surface area (Å²) in [7, 11) is 0. The van der Waals surface area contributed by atoms with Crippen LogP contribution >= 0.6 is 12.4 Å². The summed E-state index contributed by atoms with van der Waals surface area (Å²) in [4.78, 5) is 23.1. The number of hydrogen-bond acceptors (Lipinski definition) is 5. The van der Waals surface area contributed by atoms with Gasteiger partial charge in [-0.15, -0.1) is 12.4 Å². The van der Waals surface area contributed by atoms with Gasteiger partial charge in [0.15, 0.2) is 5.75 Å². The minimum Gasteiger partial charge on any atom is -0.502 e. The lowest BCUT2D eigenvalue weighted by Gasteiger charge is -2.37. The fourth-order valence-corrected chi connectivity index (χ4v) is 4.12. The molecule has 0 aromatic heterocycles. The van der Waals surface area contributed by atoms with Gasteiger partial charge < -0.3 is 10.4 Å². The third-order valence-electron chi connectivity index (χ3n) is 6.09. The molecule has 1 unspecified atom stereocenters. The first-order chi connectivity index (χ1) is 15.8. The van der Waals surface area contributed by atoms with Crippen LogP contribution in [0.4, 0.5) is 15.8 Å². The molecular formula is C27H26ClFN2O3. The molecule has 3 N–H and O–H groups in total. The van der Waals surface area contributed by atoms with Gasteiger partial charge in [-0.1, -0.05) is 61.5 Å². The van der Waals surface area contributed by atoms with Crippen molar-refractivity contribution in [2.75, 3.05) is 5.32 Å². The quantitative estimate of drug-likeness (QED) is 0.298. The molecule has 34 heavy (non-hydrogen) atoms. The second-order valence-electron chi connectivity index (χ2n) is 8.24. The van der Waals surface area contributed by atoms with Gasteiger partial charge in [-0.3, -0.25) is 14.9 Å². The lowest BCUT2D eigenvalue weighted by molar-refractivity contribution is 0.364. The van der Waals surface area contributed by atoms with Gasteiger partial charge >= 0.3 is 0 Å². The smallest absolute Gasteiger partial charge is 0.271 e. The number of anilines is 2. The van der Waals surface area contributed by atoms with Crippen molar-refractivity contribution in [2.45, 2.75) is 31.8 Å². The van der Waals surface area contributed by atoms with Gasteiger partial charge in [-0.25, -0.2) is 4.39 Å². The molecule has 0 radical (unpaired) electrons. The minimum absolute atomic E-state index is 0. The van der Waals surface area contributed by atoms with Gasteiger partial charge in [0.1, 0.15) is 11.5 Å². The van der Waals surface area contributed by atoms with E-state index in [2.05, 4.69) is 29.7 Å². The van der Waals surface area contributed by atoms with Gasteiger partial charge in [0.2, 0.25) is 0 Å². The predicted octanol–water partition coefficient (Wildman–Crippen LogP) is 5.30. The molecule has 0 amide bonds. The summed E-state index contributed by atoms with van der Waals surface area (Å²) in [5.74, 6) is -0.873. The second kappa shape index (κ2) is 10.2. The molecule has 0 heterocycles. The molecule has 5 nitrogen and oxygen atoms in total. The highest BCUT2D eigenvalue weighted by Crippen LogP contribution is 2.35. The molecule has 0 fully saturated rings. The van der Waals surface area contributed by atoms with Crippen molar-refractivity contribution >= 4 is 23.8 Å². The van der Waals surface area contributed by atoms with Gasteiger partial charge in [-0.05, 0) is 54.3 Å². The summed E-state index contributed by atoms with van der Waals surface area (Å²) >= 11 is 0. The molecule has 0 saturated carbocycles. The second-order valence-corrected chi connectivity index (χ2v) is 8.24. The van der Waals surface area contributed by atoms with E-state index in [9.17, 15) is 19.1 Å². The Morgan fingerprint density at radius 2 is 1.59 bits per heavy atom. The molecule has 4 aromatic rings. The monoisotopic (exact) mass is 480 g/mol. The third-order valence-corrected chi connectivity index (χ3v) is 6.09. The van der Waals surface area contributed by atoms with Crippen molar-refractivity contribution in [2.24, 2.45) is 0 Å². The Morgan fingerprint density at radius 1 is 0.912 bits per heavy atom. The van der Waals surface area contributed by atoms with Crippen molar-refractivity contribution in [3.05, 3.63) is 122 Å². The Hall–Kier alpha value is -3.48. The molecule has 4 aromatic carbocycles. The third kappa shape index (κ3) is 4.74. The highest BCUT2D eigenvalue weighted by Gasteiger charge is 2.32. The van der Waals surface area contributed by atoms with Crippen molar-refractivity contribution in [1.29, 1.82) is 0 Å². The Balaban J connectivity index is 0.00000324. The normalized spacial score (nSPS) is 13.6. The fraction of sp³-hybridized carbons (Fsp3) is 0.185. The van der Waals surface area contributed by atoms with Gasteiger partial charge in [0.05, 0.1) is 5.54 Å². The van der Waals surface area contributed by atoms with Gasteiger partial charge in [-0.2, -0.15) is 0 Å². The van der Waals surface area contributed by atoms with Crippen LogP contribution < -0.4 is 21.5 Å². The standard InChI is InChI=1S/C27H25FN2O3.ClH/c1-3-22(17-8-5-4-6-9-17)30-27(2,18-12-14-20(28)15-13-18)19-10-7-11-21(16-19)29-23-24(31)26(33)25(23)32;/h4-16,22,29-31H,3H2,1-2H3;1H/t22-,27?;/m1./s1. The van der Waals surface area contributed by atoms with Crippen LogP contribution in [-0.2, 0) is 5.54 Å². The van der Waals surface area contributed by atoms with Crippen LogP contribution in [0.5, 0.6) is 5.75 Å². The van der Waals surface area contributed by atoms with E-state index in [0.717, 1.165) is 23.1 Å². The van der Waals surface area contributed by atoms with Crippen LogP contribution in [0.25, 0.3) is 0 Å². The largest absolute Gasteiger partial charge is 0.502 e. The van der Waals surface area contributed by atoms with Crippen molar-refractivity contribution in [1.82, 2.24) is 5.32 Å². The van der Waals surface area contributed by atoms with Crippen molar-refractivity contribution in [3.63, 3.8) is 0 Å². The maximum Gasteiger partial charge on any atom is 0.271 e. The molecule has 4 rings (SSSR count). The number of aromatic hydroxyl groups is 1. The summed E-state index contributed by atoms with van der Waals surface area (Å²) in [6.07, 6.45) is 0.829. The molecule has 0 spiro atoms. The van der Waals surface area contributed by atoms with E-state index in [4.69, 9.17) is 0 Å². The van der Waals surface area contributed by atoms with E-state index < -0.39 is 22.1 Å². The van der Waals surface area contributed by atoms with Gasteiger partial charge in [0, 0.05) is 11.7 Å². The van der Waals surface area contributed by atoms with Crippen molar-refractivity contribution < 1.29 is 9.50 Å². The zero-order valence-electron chi connectivity index (χ0n) is 18.8. The Morgan fingerprint density at radius 3 is 2.21 bits per heavy atom. The predicted molar refractivity (Wildman–Crippen MR) is 135 cm³/mol. The van der Waals surface area contributed by atoms with Crippen LogP contribution in [0.1, 0.15) is 43.0 Å². The fourth-order valence-electron chi connectivity index (χ4n) is 4.12. The summed E-state index contributed by atoms with van der Waals surface area (Å²) in [5, 5.41) is 16.3. The number of nitrogens with one attached hydrogen (secondary N) is 2. The number of hydrogen-bond donors (Lipinski definition) is 3. The highest BCUT2D eigenvalue weighted by atomic mass is 35.5. The summed E-state index contributed by atoms with van der Waals surface area (Å²) in [5.41, 5.74) is 0.975. The Kier molecular flexibility index (Phi) is 7.54. The van der Waals surface area contributed by atoms with Gasteiger partial charge in [0.25, 0.3) is 10.9 Å². The minimum atomic E-state index is -0.889.